The molecule has 5 nitrogen and oxygen atoms in total. The summed E-state index contributed by atoms with van der Waals surface area (Å²) < 4.78 is 2.13. The largest absolute Gasteiger partial charge is 0.399 e. The van der Waals surface area contributed by atoms with Gasteiger partial charge in [0, 0.05) is 51.0 Å². The standard InChI is InChI=1S/C14H21N5/c1-17-6-8-18(9-7-17)4-3-14-16-11-13-10-12(15)2-5-19(13)14/h2,5,10-11H,3-4,6-9,15H2,1H3. The monoisotopic (exact) mass is 259 g/mol. The van der Waals surface area contributed by atoms with E-state index >= 15 is 0 Å². The average molecular weight is 259 g/mol. The highest BCUT2D eigenvalue weighted by molar-refractivity contribution is 5.55. The summed E-state index contributed by atoms with van der Waals surface area (Å²) in [5.74, 6) is 1.12. The third-order valence-electron chi connectivity index (χ3n) is 3.88. The Hall–Kier alpha value is -1.59. The Morgan fingerprint density at radius 1 is 1.26 bits per heavy atom. The van der Waals surface area contributed by atoms with Crippen LogP contribution in [0.5, 0.6) is 0 Å². The third-order valence-corrected chi connectivity index (χ3v) is 3.88. The normalized spacial score (nSPS) is 18.2. The number of nitrogens with zero attached hydrogens (tertiary/aromatic N) is 4. The zero-order chi connectivity index (χ0) is 13.2. The maximum atomic E-state index is 5.78. The molecule has 1 fully saturated rings. The van der Waals surface area contributed by atoms with Gasteiger partial charge in [0.25, 0.3) is 0 Å². The van der Waals surface area contributed by atoms with Crippen molar-refractivity contribution in [3.63, 3.8) is 0 Å². The van der Waals surface area contributed by atoms with Crippen LogP contribution in [0.2, 0.25) is 0 Å². The Morgan fingerprint density at radius 3 is 2.84 bits per heavy atom. The molecule has 0 aliphatic carbocycles. The van der Waals surface area contributed by atoms with E-state index in [2.05, 4.69) is 26.2 Å². The second-order valence-electron chi connectivity index (χ2n) is 5.32. The number of nitrogen functional groups attached to an aromatic ring is 1. The van der Waals surface area contributed by atoms with Crippen molar-refractivity contribution in [3.05, 3.63) is 30.4 Å². The van der Waals surface area contributed by atoms with Crippen LogP contribution in [0.3, 0.4) is 0 Å². The number of pyridine rings is 1. The number of imidazole rings is 1. The van der Waals surface area contributed by atoms with Crippen molar-refractivity contribution in [2.24, 2.45) is 0 Å². The molecular weight excluding hydrogens is 238 g/mol. The Bertz CT molecular complexity index is 554. The molecule has 5 heteroatoms. The van der Waals surface area contributed by atoms with E-state index < -0.39 is 0 Å². The predicted molar refractivity (Wildman–Crippen MR) is 77.2 cm³/mol. The average Bonchev–Trinajstić information content (AvgIpc) is 2.80. The van der Waals surface area contributed by atoms with Crippen molar-refractivity contribution < 1.29 is 0 Å². The minimum absolute atomic E-state index is 0.790. The topological polar surface area (TPSA) is 49.8 Å². The smallest absolute Gasteiger partial charge is 0.114 e. The van der Waals surface area contributed by atoms with Crippen molar-refractivity contribution in [2.45, 2.75) is 6.42 Å². The Labute approximate surface area is 113 Å². The zero-order valence-corrected chi connectivity index (χ0v) is 11.4. The lowest BCUT2D eigenvalue weighted by Crippen LogP contribution is -2.45. The number of hydrogen-bond donors (Lipinski definition) is 1. The molecule has 3 heterocycles. The summed E-state index contributed by atoms with van der Waals surface area (Å²) in [5.41, 5.74) is 7.65. The molecule has 3 rings (SSSR count). The van der Waals surface area contributed by atoms with E-state index in [4.69, 9.17) is 5.73 Å². The van der Waals surface area contributed by atoms with Gasteiger partial charge < -0.3 is 19.9 Å². The summed E-state index contributed by atoms with van der Waals surface area (Å²) in [6.45, 7) is 5.73. The number of piperazine rings is 1. The molecule has 2 aromatic heterocycles. The van der Waals surface area contributed by atoms with Crippen LogP contribution in [0.1, 0.15) is 5.82 Å². The van der Waals surface area contributed by atoms with E-state index in [9.17, 15) is 0 Å². The second-order valence-corrected chi connectivity index (χ2v) is 5.32. The first kappa shape index (κ1) is 12.4. The number of likely N-dealkylation sites (N-methyl/N-ethyl adjacent to an activating group) is 1. The van der Waals surface area contributed by atoms with E-state index in [1.807, 2.05) is 24.5 Å². The van der Waals surface area contributed by atoms with E-state index in [0.29, 0.717) is 0 Å². The predicted octanol–water partition coefficient (Wildman–Crippen LogP) is 0.706. The number of fused-ring (bicyclic) bond motifs is 1. The molecule has 0 atom stereocenters. The summed E-state index contributed by atoms with van der Waals surface area (Å²) in [6.07, 6.45) is 4.90. The molecule has 1 aliphatic heterocycles. The molecule has 1 aliphatic rings. The van der Waals surface area contributed by atoms with Crippen molar-refractivity contribution >= 4 is 11.2 Å². The first-order chi connectivity index (χ1) is 9.22. The lowest BCUT2D eigenvalue weighted by Gasteiger charge is -2.32. The number of hydrogen-bond acceptors (Lipinski definition) is 4. The van der Waals surface area contributed by atoms with Gasteiger partial charge in [-0.1, -0.05) is 0 Å². The fourth-order valence-electron chi connectivity index (χ4n) is 2.59. The summed E-state index contributed by atoms with van der Waals surface area (Å²) in [6, 6.07) is 3.89. The fraction of sp³-hybridized carbons (Fsp3) is 0.500. The number of anilines is 1. The molecule has 19 heavy (non-hydrogen) atoms. The van der Waals surface area contributed by atoms with Crippen LogP contribution < -0.4 is 5.73 Å². The molecule has 0 aromatic carbocycles. The van der Waals surface area contributed by atoms with Gasteiger partial charge in [-0.2, -0.15) is 0 Å². The Kier molecular flexibility index (Phi) is 3.40. The van der Waals surface area contributed by atoms with Crippen LogP contribution in [0, 0.1) is 0 Å². The maximum Gasteiger partial charge on any atom is 0.114 e. The van der Waals surface area contributed by atoms with Gasteiger partial charge in [0.15, 0.2) is 0 Å². The third kappa shape index (κ3) is 2.72. The van der Waals surface area contributed by atoms with Gasteiger partial charge in [-0.15, -0.1) is 0 Å². The first-order valence-corrected chi connectivity index (χ1v) is 6.85. The van der Waals surface area contributed by atoms with Crippen LogP contribution >= 0.6 is 0 Å². The van der Waals surface area contributed by atoms with Gasteiger partial charge in [-0.3, -0.25) is 0 Å². The van der Waals surface area contributed by atoms with Gasteiger partial charge in [-0.25, -0.2) is 4.98 Å². The second kappa shape index (κ2) is 5.19. The van der Waals surface area contributed by atoms with Crippen LogP contribution in [0.15, 0.2) is 24.5 Å². The van der Waals surface area contributed by atoms with Crippen LogP contribution in [0.4, 0.5) is 5.69 Å². The van der Waals surface area contributed by atoms with E-state index in [-0.39, 0.29) is 0 Å². The van der Waals surface area contributed by atoms with Crippen LogP contribution in [0.25, 0.3) is 5.52 Å². The highest BCUT2D eigenvalue weighted by atomic mass is 15.2. The molecule has 2 aromatic rings. The molecule has 0 spiro atoms. The molecule has 1 saturated heterocycles. The van der Waals surface area contributed by atoms with Crippen molar-refractivity contribution in [2.75, 3.05) is 45.5 Å². The SMILES string of the molecule is CN1CCN(CCc2ncc3cc(N)ccn23)CC1. The van der Waals surface area contributed by atoms with E-state index in [1.165, 1.54) is 13.1 Å². The quantitative estimate of drug-likeness (QED) is 0.882. The highest BCUT2D eigenvalue weighted by Crippen LogP contribution is 2.12. The summed E-state index contributed by atoms with van der Waals surface area (Å²) >= 11 is 0. The molecule has 0 radical (unpaired) electrons. The molecule has 0 saturated carbocycles. The molecule has 2 N–H and O–H groups in total. The minimum Gasteiger partial charge on any atom is -0.399 e. The Balaban J connectivity index is 1.65. The van der Waals surface area contributed by atoms with E-state index in [0.717, 1.165) is 43.1 Å². The Morgan fingerprint density at radius 2 is 2.05 bits per heavy atom. The van der Waals surface area contributed by atoms with Crippen molar-refractivity contribution in [1.29, 1.82) is 0 Å². The summed E-state index contributed by atoms with van der Waals surface area (Å²) in [4.78, 5) is 9.40. The van der Waals surface area contributed by atoms with Gasteiger partial charge in [-0.05, 0) is 19.2 Å². The van der Waals surface area contributed by atoms with Crippen molar-refractivity contribution in [3.8, 4) is 0 Å². The van der Waals surface area contributed by atoms with Gasteiger partial charge in [0.2, 0.25) is 0 Å². The molecule has 102 valence electrons. The molecule has 0 unspecified atom stereocenters. The van der Waals surface area contributed by atoms with Crippen LogP contribution in [-0.4, -0.2) is 59.0 Å². The highest BCUT2D eigenvalue weighted by Gasteiger charge is 2.14. The minimum atomic E-state index is 0.790. The maximum absolute atomic E-state index is 5.78. The van der Waals surface area contributed by atoms with E-state index in [1.54, 1.807) is 0 Å². The van der Waals surface area contributed by atoms with Gasteiger partial charge >= 0.3 is 0 Å². The summed E-state index contributed by atoms with van der Waals surface area (Å²) in [5, 5.41) is 0. The summed E-state index contributed by atoms with van der Waals surface area (Å²) in [7, 11) is 2.18. The first-order valence-electron chi connectivity index (χ1n) is 6.85. The van der Waals surface area contributed by atoms with Gasteiger partial charge in [0.1, 0.15) is 5.82 Å². The number of rotatable bonds is 3. The van der Waals surface area contributed by atoms with Crippen LogP contribution in [-0.2, 0) is 6.42 Å². The number of nitrogens with two attached hydrogens (primary N) is 1. The molecule has 0 amide bonds. The van der Waals surface area contributed by atoms with Crippen molar-refractivity contribution in [1.82, 2.24) is 19.2 Å². The lowest BCUT2D eigenvalue weighted by atomic mass is 10.3. The molecule has 0 bridgehead atoms. The molecular formula is C14H21N5. The lowest BCUT2D eigenvalue weighted by molar-refractivity contribution is 0.155. The number of aromatic nitrogens is 2. The fourth-order valence-corrected chi connectivity index (χ4v) is 2.59. The zero-order valence-electron chi connectivity index (χ0n) is 11.4. The van der Waals surface area contributed by atoms with Gasteiger partial charge in [0.05, 0.1) is 11.7 Å².